The molecule has 19 heavy (non-hydrogen) atoms. The van der Waals surface area contributed by atoms with Gasteiger partial charge in [0.25, 0.3) is 0 Å². The standard InChI is InChI=1S/C16H19NO2/c1-3-12-5-4-6-15(8-12)19-11-13-7-14(17)10-16(9-13)18-2/h4-10H,3,11,17H2,1-2H3. The number of anilines is 1. The zero-order valence-corrected chi connectivity index (χ0v) is 11.3. The van der Waals surface area contributed by atoms with E-state index in [1.807, 2.05) is 24.3 Å². The Bertz CT molecular complexity index is 552. The average molecular weight is 257 g/mol. The van der Waals surface area contributed by atoms with E-state index in [9.17, 15) is 0 Å². The van der Waals surface area contributed by atoms with Crippen LogP contribution in [-0.4, -0.2) is 7.11 Å². The highest BCUT2D eigenvalue weighted by Crippen LogP contribution is 2.21. The van der Waals surface area contributed by atoms with Crippen molar-refractivity contribution < 1.29 is 9.47 Å². The van der Waals surface area contributed by atoms with Gasteiger partial charge in [-0.15, -0.1) is 0 Å². The van der Waals surface area contributed by atoms with Crippen LogP contribution in [-0.2, 0) is 13.0 Å². The van der Waals surface area contributed by atoms with Gasteiger partial charge in [0.2, 0.25) is 0 Å². The molecule has 0 atom stereocenters. The molecule has 0 bridgehead atoms. The van der Waals surface area contributed by atoms with Gasteiger partial charge in [-0.1, -0.05) is 19.1 Å². The number of nitrogens with two attached hydrogens (primary N) is 1. The van der Waals surface area contributed by atoms with Crippen molar-refractivity contribution in [1.29, 1.82) is 0 Å². The van der Waals surface area contributed by atoms with E-state index >= 15 is 0 Å². The topological polar surface area (TPSA) is 44.5 Å². The second kappa shape index (κ2) is 6.14. The van der Waals surface area contributed by atoms with E-state index in [0.717, 1.165) is 23.5 Å². The van der Waals surface area contributed by atoms with Crippen molar-refractivity contribution in [2.24, 2.45) is 0 Å². The summed E-state index contributed by atoms with van der Waals surface area (Å²) in [6.45, 7) is 2.61. The summed E-state index contributed by atoms with van der Waals surface area (Å²) in [4.78, 5) is 0. The fourth-order valence-corrected chi connectivity index (χ4v) is 1.91. The molecule has 0 fully saturated rings. The minimum Gasteiger partial charge on any atom is -0.497 e. The Morgan fingerprint density at radius 1 is 1.00 bits per heavy atom. The Hall–Kier alpha value is -2.16. The third kappa shape index (κ3) is 3.65. The fraction of sp³-hybridized carbons (Fsp3) is 0.250. The van der Waals surface area contributed by atoms with Gasteiger partial charge in [0.05, 0.1) is 7.11 Å². The maximum atomic E-state index is 5.81. The van der Waals surface area contributed by atoms with Crippen molar-refractivity contribution in [3.05, 3.63) is 53.6 Å². The van der Waals surface area contributed by atoms with Gasteiger partial charge in [0, 0.05) is 11.8 Å². The maximum absolute atomic E-state index is 5.81. The van der Waals surface area contributed by atoms with Gasteiger partial charge in [-0.3, -0.25) is 0 Å². The molecule has 0 aliphatic heterocycles. The van der Waals surface area contributed by atoms with Crippen LogP contribution >= 0.6 is 0 Å². The molecule has 0 heterocycles. The summed E-state index contributed by atoms with van der Waals surface area (Å²) in [5, 5.41) is 0. The highest BCUT2D eigenvalue weighted by Gasteiger charge is 2.01. The predicted molar refractivity (Wildman–Crippen MR) is 77.6 cm³/mol. The first-order chi connectivity index (χ1) is 9.21. The molecule has 0 aliphatic rings. The van der Waals surface area contributed by atoms with Crippen LogP contribution in [0.15, 0.2) is 42.5 Å². The molecule has 2 aromatic rings. The molecule has 0 radical (unpaired) electrons. The number of aryl methyl sites for hydroxylation is 1. The number of ether oxygens (including phenoxy) is 2. The van der Waals surface area contributed by atoms with Crippen molar-refractivity contribution in [3.63, 3.8) is 0 Å². The highest BCUT2D eigenvalue weighted by molar-refractivity contribution is 5.47. The van der Waals surface area contributed by atoms with Crippen molar-refractivity contribution in [3.8, 4) is 11.5 Å². The third-order valence-electron chi connectivity index (χ3n) is 2.94. The van der Waals surface area contributed by atoms with Crippen LogP contribution in [0.25, 0.3) is 0 Å². The molecule has 0 spiro atoms. The number of rotatable bonds is 5. The molecule has 0 amide bonds. The van der Waals surface area contributed by atoms with E-state index in [-0.39, 0.29) is 0 Å². The lowest BCUT2D eigenvalue weighted by atomic mass is 10.1. The van der Waals surface area contributed by atoms with Crippen LogP contribution in [0, 0.1) is 0 Å². The Morgan fingerprint density at radius 3 is 2.53 bits per heavy atom. The van der Waals surface area contributed by atoms with Gasteiger partial charge in [0.15, 0.2) is 0 Å². The Labute approximate surface area is 114 Å². The van der Waals surface area contributed by atoms with Crippen LogP contribution in [0.2, 0.25) is 0 Å². The lowest BCUT2D eigenvalue weighted by Gasteiger charge is -2.09. The summed E-state index contributed by atoms with van der Waals surface area (Å²) in [5.74, 6) is 1.63. The number of hydrogen-bond donors (Lipinski definition) is 1. The summed E-state index contributed by atoms with van der Waals surface area (Å²) < 4.78 is 11.0. The molecule has 3 nitrogen and oxygen atoms in total. The summed E-state index contributed by atoms with van der Waals surface area (Å²) >= 11 is 0. The van der Waals surface area contributed by atoms with Gasteiger partial charge >= 0.3 is 0 Å². The van der Waals surface area contributed by atoms with E-state index < -0.39 is 0 Å². The van der Waals surface area contributed by atoms with Crippen LogP contribution < -0.4 is 15.2 Å². The Balaban J connectivity index is 2.07. The second-order valence-corrected chi connectivity index (χ2v) is 4.40. The largest absolute Gasteiger partial charge is 0.497 e. The van der Waals surface area contributed by atoms with Crippen LogP contribution in [0.5, 0.6) is 11.5 Å². The van der Waals surface area contributed by atoms with Crippen LogP contribution in [0.1, 0.15) is 18.1 Å². The normalized spacial score (nSPS) is 10.2. The minimum absolute atomic E-state index is 0.481. The molecule has 0 saturated heterocycles. The monoisotopic (exact) mass is 257 g/mol. The summed E-state index contributed by atoms with van der Waals surface area (Å²) in [6.07, 6.45) is 1.00. The molecule has 0 aliphatic carbocycles. The van der Waals surface area contributed by atoms with Crippen molar-refractivity contribution in [2.45, 2.75) is 20.0 Å². The molecule has 100 valence electrons. The van der Waals surface area contributed by atoms with Crippen LogP contribution in [0.3, 0.4) is 0 Å². The smallest absolute Gasteiger partial charge is 0.121 e. The number of hydrogen-bond acceptors (Lipinski definition) is 3. The molecule has 0 aromatic heterocycles. The molecule has 2 aromatic carbocycles. The molecule has 2 rings (SSSR count). The van der Waals surface area contributed by atoms with Crippen molar-refractivity contribution in [1.82, 2.24) is 0 Å². The van der Waals surface area contributed by atoms with E-state index in [0.29, 0.717) is 12.3 Å². The Morgan fingerprint density at radius 2 is 1.79 bits per heavy atom. The minimum atomic E-state index is 0.481. The molecular formula is C16H19NO2. The highest BCUT2D eigenvalue weighted by atomic mass is 16.5. The van der Waals surface area contributed by atoms with Gasteiger partial charge in [-0.2, -0.15) is 0 Å². The van der Waals surface area contributed by atoms with E-state index in [4.69, 9.17) is 15.2 Å². The first-order valence-electron chi connectivity index (χ1n) is 6.36. The van der Waals surface area contributed by atoms with E-state index in [1.165, 1.54) is 5.56 Å². The van der Waals surface area contributed by atoms with Gasteiger partial charge in [-0.25, -0.2) is 0 Å². The Kier molecular flexibility index (Phi) is 4.29. The van der Waals surface area contributed by atoms with Gasteiger partial charge in [0.1, 0.15) is 18.1 Å². The van der Waals surface area contributed by atoms with Gasteiger partial charge < -0.3 is 15.2 Å². The van der Waals surface area contributed by atoms with Crippen LogP contribution in [0.4, 0.5) is 5.69 Å². The zero-order chi connectivity index (χ0) is 13.7. The summed E-state index contributed by atoms with van der Waals surface area (Å²) in [7, 11) is 1.63. The number of nitrogen functional groups attached to an aromatic ring is 1. The third-order valence-corrected chi connectivity index (χ3v) is 2.94. The van der Waals surface area contributed by atoms with E-state index in [1.54, 1.807) is 13.2 Å². The number of benzene rings is 2. The predicted octanol–water partition coefficient (Wildman–Crippen LogP) is 3.42. The van der Waals surface area contributed by atoms with Gasteiger partial charge in [-0.05, 0) is 41.8 Å². The maximum Gasteiger partial charge on any atom is 0.121 e. The average Bonchev–Trinajstić information content (AvgIpc) is 2.44. The number of methoxy groups -OCH3 is 1. The quantitative estimate of drug-likeness (QED) is 0.835. The molecule has 0 saturated carbocycles. The lowest BCUT2D eigenvalue weighted by Crippen LogP contribution is -1.98. The van der Waals surface area contributed by atoms with Crippen molar-refractivity contribution in [2.75, 3.05) is 12.8 Å². The first kappa shape index (κ1) is 13.3. The molecular weight excluding hydrogens is 238 g/mol. The molecule has 3 heteroatoms. The summed E-state index contributed by atoms with van der Waals surface area (Å²) in [5.41, 5.74) is 8.76. The molecule has 2 N–H and O–H groups in total. The lowest BCUT2D eigenvalue weighted by molar-refractivity contribution is 0.305. The van der Waals surface area contributed by atoms with Crippen molar-refractivity contribution >= 4 is 5.69 Å². The first-order valence-corrected chi connectivity index (χ1v) is 6.36. The summed E-state index contributed by atoms with van der Waals surface area (Å²) in [6, 6.07) is 13.7. The molecule has 0 unspecified atom stereocenters. The van der Waals surface area contributed by atoms with E-state index in [2.05, 4.69) is 19.1 Å². The second-order valence-electron chi connectivity index (χ2n) is 4.40. The fourth-order valence-electron chi connectivity index (χ4n) is 1.91. The SMILES string of the molecule is CCc1cccc(OCc2cc(N)cc(OC)c2)c1. The zero-order valence-electron chi connectivity index (χ0n) is 11.3.